The highest BCUT2D eigenvalue weighted by atomic mass is 19.4. The average molecular weight is 888 g/mol. The molecule has 8 nitrogen and oxygen atoms in total. The van der Waals surface area contributed by atoms with Gasteiger partial charge in [-0.15, -0.1) is 0 Å². The third-order valence-corrected chi connectivity index (χ3v) is 16.5. The molecule has 1 aromatic carbocycles. The fourth-order valence-corrected chi connectivity index (χ4v) is 13.2. The van der Waals surface area contributed by atoms with Gasteiger partial charge in [0.25, 0.3) is 5.78 Å². The second kappa shape index (κ2) is 22.9. The molecule has 4 aliphatic carbocycles. The monoisotopic (exact) mass is 888 g/mol. The standard InChI is InChI=1S/C52H80F3NO7/c1-8-10-12-14-16-18-30-56(31-19-17-15-13-11-9-2)47(59)27-20-35(3)42-25-26-43-48-44(50(6)29-28-41(61-36(4)57)32-39(50)33-45(48)62-37(5)58)34-46(51(42,43)7)63-40-23-21-38(22-24-40)49(60)52(53,54)55/h21-24,35,39,41-46,48H,8-20,25-34H2,1-7H3/t35-,39?,41?,42?,43?,44?,45?,46?,48?,50+,51-/m1/s1. The van der Waals surface area contributed by atoms with Crippen LogP contribution >= 0.6 is 0 Å². The third-order valence-electron chi connectivity index (χ3n) is 16.5. The molecule has 4 fully saturated rings. The van der Waals surface area contributed by atoms with Crippen LogP contribution in [-0.4, -0.2) is 66.1 Å². The molecule has 8 unspecified atom stereocenters. The number of halogens is 3. The number of alkyl halides is 3. The summed E-state index contributed by atoms with van der Waals surface area (Å²) in [6, 6.07) is 5.36. The van der Waals surface area contributed by atoms with Crippen molar-refractivity contribution in [3.05, 3.63) is 29.8 Å². The van der Waals surface area contributed by atoms with E-state index in [1.54, 1.807) is 0 Å². The largest absolute Gasteiger partial charge is 0.490 e. The van der Waals surface area contributed by atoms with Crippen LogP contribution in [0.2, 0.25) is 0 Å². The summed E-state index contributed by atoms with van der Waals surface area (Å²) in [5.41, 5.74) is -0.981. The van der Waals surface area contributed by atoms with Crippen molar-refractivity contribution in [2.45, 2.75) is 208 Å². The minimum absolute atomic E-state index is 0.0704. The number of amides is 1. The number of carbonyl (C=O) groups excluding carboxylic acids is 4. The van der Waals surface area contributed by atoms with Crippen LogP contribution in [0.15, 0.2) is 24.3 Å². The summed E-state index contributed by atoms with van der Waals surface area (Å²) in [6.45, 7) is 15.9. The van der Waals surface area contributed by atoms with E-state index in [1.165, 1.54) is 89.5 Å². The molecule has 0 heterocycles. The Morgan fingerprint density at radius 2 is 1.35 bits per heavy atom. The Kier molecular flexibility index (Phi) is 18.5. The summed E-state index contributed by atoms with van der Waals surface area (Å²) >= 11 is 0. The molecule has 0 radical (unpaired) electrons. The van der Waals surface area contributed by atoms with E-state index in [4.69, 9.17) is 14.2 Å². The Morgan fingerprint density at radius 1 is 0.762 bits per heavy atom. The van der Waals surface area contributed by atoms with Gasteiger partial charge in [0.2, 0.25) is 5.91 Å². The van der Waals surface area contributed by atoms with Gasteiger partial charge in [-0.25, -0.2) is 0 Å². The highest BCUT2D eigenvalue weighted by Crippen LogP contribution is 2.69. The van der Waals surface area contributed by atoms with Crippen LogP contribution < -0.4 is 4.74 Å². The molecule has 0 aliphatic heterocycles. The van der Waals surface area contributed by atoms with Crippen molar-refractivity contribution < 1.29 is 46.6 Å². The molecule has 0 N–H and O–H groups in total. The number of Topliss-reactive ketones (excluding diaryl/α,β-unsaturated/α-hetero) is 1. The average Bonchev–Trinajstić information content (AvgIpc) is 3.59. The van der Waals surface area contributed by atoms with Gasteiger partial charge < -0.3 is 19.1 Å². The van der Waals surface area contributed by atoms with E-state index in [1.807, 2.05) is 0 Å². The Balaban J connectivity index is 1.40. The molecule has 63 heavy (non-hydrogen) atoms. The fourth-order valence-electron chi connectivity index (χ4n) is 13.2. The van der Waals surface area contributed by atoms with Gasteiger partial charge >= 0.3 is 18.1 Å². The zero-order valence-electron chi connectivity index (χ0n) is 39.7. The molecule has 11 atom stereocenters. The first-order valence-electron chi connectivity index (χ1n) is 24.9. The van der Waals surface area contributed by atoms with Gasteiger partial charge in [0.05, 0.1) is 0 Å². The lowest BCUT2D eigenvalue weighted by Gasteiger charge is -2.64. The number of ketones is 1. The zero-order valence-corrected chi connectivity index (χ0v) is 39.7. The van der Waals surface area contributed by atoms with E-state index in [2.05, 4.69) is 39.5 Å². The molecular weight excluding hydrogens is 808 g/mol. The molecule has 0 spiro atoms. The maximum atomic E-state index is 14.1. The normalized spacial score (nSPS) is 30.6. The zero-order chi connectivity index (χ0) is 46.0. The minimum Gasteiger partial charge on any atom is -0.490 e. The van der Waals surface area contributed by atoms with Crippen LogP contribution in [0.4, 0.5) is 13.2 Å². The first-order chi connectivity index (χ1) is 29.9. The van der Waals surface area contributed by atoms with E-state index in [-0.39, 0.29) is 77.1 Å². The summed E-state index contributed by atoms with van der Waals surface area (Å²) in [5, 5.41) is 0. The van der Waals surface area contributed by atoms with Crippen molar-refractivity contribution in [3.63, 3.8) is 0 Å². The SMILES string of the molecule is CCCCCCCCN(CCCCCCCC)C(=O)CC[C@@H](C)C1CCC2C3C(OC(C)=O)CC4CC(OC(C)=O)CC[C@]4(C)C3CC(Oc3ccc(C(=O)C(F)(F)F)cc3)[C@@]21C. The number of nitrogens with zero attached hydrogens (tertiary/aromatic N) is 1. The molecule has 4 aliphatic rings. The second-order valence-electron chi connectivity index (χ2n) is 20.6. The number of fused-ring (bicyclic) bond motifs is 5. The molecule has 1 aromatic rings. The number of ether oxygens (including phenoxy) is 3. The predicted molar refractivity (Wildman–Crippen MR) is 240 cm³/mol. The van der Waals surface area contributed by atoms with Gasteiger partial charge in [-0.1, -0.05) is 98.8 Å². The lowest BCUT2D eigenvalue weighted by atomic mass is 9.43. The maximum Gasteiger partial charge on any atom is 0.454 e. The molecule has 356 valence electrons. The topological polar surface area (TPSA) is 99.2 Å². The summed E-state index contributed by atoms with van der Waals surface area (Å²) in [5.74, 6) is -1.02. The van der Waals surface area contributed by atoms with Crippen LogP contribution in [0.5, 0.6) is 5.75 Å². The Hall–Kier alpha value is -3.11. The Labute approximate surface area is 376 Å². The van der Waals surface area contributed by atoms with E-state index < -0.39 is 22.9 Å². The first-order valence-corrected chi connectivity index (χ1v) is 24.9. The highest BCUT2D eigenvalue weighted by molar-refractivity contribution is 6.00. The quantitative estimate of drug-likeness (QED) is 0.0613. The van der Waals surface area contributed by atoms with Crippen molar-refractivity contribution in [2.24, 2.45) is 46.3 Å². The predicted octanol–water partition coefficient (Wildman–Crippen LogP) is 12.9. The van der Waals surface area contributed by atoms with Crippen LogP contribution in [0, 0.1) is 46.3 Å². The van der Waals surface area contributed by atoms with E-state index in [9.17, 15) is 32.3 Å². The molecular formula is C52H80F3NO7. The number of rotatable bonds is 23. The van der Waals surface area contributed by atoms with Crippen LogP contribution in [0.1, 0.15) is 194 Å². The van der Waals surface area contributed by atoms with Crippen LogP contribution in [-0.2, 0) is 23.9 Å². The van der Waals surface area contributed by atoms with Gasteiger partial charge in [-0.05, 0) is 123 Å². The number of hydrogen-bond donors (Lipinski definition) is 0. The summed E-state index contributed by atoms with van der Waals surface area (Å²) in [6.07, 6.45) is 15.1. The summed E-state index contributed by atoms with van der Waals surface area (Å²) < 4.78 is 59.1. The lowest BCUT2D eigenvalue weighted by Crippen LogP contribution is -2.64. The number of unbranched alkanes of at least 4 members (excludes halogenated alkanes) is 10. The molecule has 4 saturated carbocycles. The third kappa shape index (κ3) is 12.6. The first kappa shape index (κ1) is 50.9. The Morgan fingerprint density at radius 3 is 1.92 bits per heavy atom. The maximum absolute atomic E-state index is 14.1. The molecule has 0 bridgehead atoms. The van der Waals surface area contributed by atoms with Crippen molar-refractivity contribution >= 4 is 23.6 Å². The molecule has 5 rings (SSSR count). The molecule has 11 heteroatoms. The molecule has 0 aromatic heterocycles. The summed E-state index contributed by atoms with van der Waals surface area (Å²) in [7, 11) is 0. The van der Waals surface area contributed by atoms with Crippen molar-refractivity contribution in [2.75, 3.05) is 13.1 Å². The van der Waals surface area contributed by atoms with Gasteiger partial charge in [0.15, 0.2) is 0 Å². The number of hydrogen-bond acceptors (Lipinski definition) is 7. The second-order valence-corrected chi connectivity index (χ2v) is 20.6. The molecule has 0 saturated heterocycles. The minimum atomic E-state index is -4.98. The van der Waals surface area contributed by atoms with Gasteiger partial charge in [0, 0.05) is 50.3 Å². The van der Waals surface area contributed by atoms with Crippen LogP contribution in [0.25, 0.3) is 0 Å². The number of esters is 2. The van der Waals surface area contributed by atoms with Crippen molar-refractivity contribution in [1.29, 1.82) is 0 Å². The van der Waals surface area contributed by atoms with Crippen molar-refractivity contribution in [3.8, 4) is 5.75 Å². The van der Waals surface area contributed by atoms with E-state index in [0.717, 1.165) is 70.9 Å². The van der Waals surface area contributed by atoms with E-state index in [0.29, 0.717) is 31.4 Å². The lowest BCUT2D eigenvalue weighted by molar-refractivity contribution is -0.214. The number of benzene rings is 1. The number of carbonyl (C=O) groups is 4. The molecule has 1 amide bonds. The fraction of sp³-hybridized carbons (Fsp3) is 0.808. The van der Waals surface area contributed by atoms with E-state index >= 15 is 0 Å². The highest BCUT2D eigenvalue weighted by Gasteiger charge is 2.67. The van der Waals surface area contributed by atoms with Gasteiger partial charge in [0.1, 0.15) is 24.1 Å². The van der Waals surface area contributed by atoms with Crippen LogP contribution in [0.3, 0.4) is 0 Å². The van der Waals surface area contributed by atoms with Crippen molar-refractivity contribution in [1.82, 2.24) is 4.90 Å². The van der Waals surface area contributed by atoms with Gasteiger partial charge in [-0.3, -0.25) is 19.2 Å². The van der Waals surface area contributed by atoms with Gasteiger partial charge in [-0.2, -0.15) is 13.2 Å². The smallest absolute Gasteiger partial charge is 0.454 e. The Bertz CT molecular complexity index is 1630. The summed E-state index contributed by atoms with van der Waals surface area (Å²) in [4.78, 5) is 53.2.